The molecule has 0 aliphatic carbocycles. The van der Waals surface area contributed by atoms with E-state index < -0.39 is 5.60 Å². The molecule has 28 heavy (non-hydrogen) atoms. The molecule has 0 unspecified atom stereocenters. The molecule has 2 aromatic heterocycles. The predicted octanol–water partition coefficient (Wildman–Crippen LogP) is 2.87. The number of nitrogens with zero attached hydrogens (tertiary/aromatic N) is 2. The van der Waals surface area contributed by atoms with E-state index in [1.54, 1.807) is 30.3 Å². The van der Waals surface area contributed by atoms with Gasteiger partial charge in [0.2, 0.25) is 0 Å². The number of piperidine rings is 1. The van der Waals surface area contributed by atoms with Crippen molar-refractivity contribution in [3.05, 3.63) is 59.4 Å². The van der Waals surface area contributed by atoms with Crippen LogP contribution in [0, 0.1) is 0 Å². The molecule has 1 N–H and O–H groups in total. The summed E-state index contributed by atoms with van der Waals surface area (Å²) in [6, 6.07) is 11.0. The Balaban J connectivity index is 1.38. The summed E-state index contributed by atoms with van der Waals surface area (Å²) in [6.45, 7) is 1.01. The van der Waals surface area contributed by atoms with Gasteiger partial charge in [-0.25, -0.2) is 9.78 Å². The fourth-order valence-corrected chi connectivity index (χ4v) is 4.18. The smallest absolute Gasteiger partial charge is 0.339 e. The van der Waals surface area contributed by atoms with Crippen LogP contribution in [0.1, 0.15) is 39.3 Å². The van der Waals surface area contributed by atoms with Gasteiger partial charge in [0.1, 0.15) is 22.7 Å². The molecule has 0 radical (unpaired) electrons. The molecule has 5 rings (SSSR count). The average Bonchev–Trinajstić information content (AvgIpc) is 3.27. The molecule has 0 bridgehead atoms. The first-order valence-electron chi connectivity index (χ1n) is 9.24. The molecule has 142 valence electrons. The molecule has 1 saturated heterocycles. The Hall–Kier alpha value is -3.35. The van der Waals surface area contributed by atoms with Gasteiger partial charge in [0.15, 0.2) is 0 Å². The lowest BCUT2D eigenvalue weighted by molar-refractivity contribution is -0.0390. The van der Waals surface area contributed by atoms with E-state index in [-0.39, 0.29) is 11.9 Å². The molecular formula is C21H19N3O4. The lowest BCUT2D eigenvalue weighted by Crippen LogP contribution is -2.45. The third-order valence-corrected chi connectivity index (χ3v) is 5.71. The zero-order chi connectivity index (χ0) is 19.3. The van der Waals surface area contributed by atoms with E-state index in [0.717, 1.165) is 10.9 Å². The highest BCUT2D eigenvalue weighted by Crippen LogP contribution is 2.45. The van der Waals surface area contributed by atoms with Crippen molar-refractivity contribution in [2.24, 2.45) is 0 Å². The van der Waals surface area contributed by atoms with Gasteiger partial charge in [0, 0.05) is 43.1 Å². The van der Waals surface area contributed by atoms with Crippen molar-refractivity contribution in [2.75, 3.05) is 20.2 Å². The number of ether oxygens (including phenoxy) is 2. The number of hydrogen-bond acceptors (Lipinski definition) is 5. The predicted molar refractivity (Wildman–Crippen MR) is 101 cm³/mol. The number of benzene rings is 1. The second-order valence-electron chi connectivity index (χ2n) is 7.21. The largest absolute Gasteiger partial charge is 0.497 e. The SMILES string of the molecule is COc1ccc2c(c1)C1(CCN(C(=O)c3cc4cccnc4[nH]3)CC1)OC2=O. The van der Waals surface area contributed by atoms with Crippen LogP contribution in [-0.2, 0) is 10.3 Å². The summed E-state index contributed by atoms with van der Waals surface area (Å²) in [5.41, 5.74) is 1.99. The summed E-state index contributed by atoms with van der Waals surface area (Å²) >= 11 is 0. The van der Waals surface area contributed by atoms with E-state index in [0.29, 0.717) is 48.6 Å². The van der Waals surface area contributed by atoms with Gasteiger partial charge in [0.05, 0.1) is 12.7 Å². The number of amides is 1. The van der Waals surface area contributed by atoms with Gasteiger partial charge >= 0.3 is 5.97 Å². The first-order chi connectivity index (χ1) is 13.6. The molecule has 2 aliphatic heterocycles. The monoisotopic (exact) mass is 377 g/mol. The molecule has 4 heterocycles. The van der Waals surface area contributed by atoms with Gasteiger partial charge in [-0.2, -0.15) is 0 Å². The third kappa shape index (κ3) is 2.46. The van der Waals surface area contributed by atoms with Gasteiger partial charge in [-0.15, -0.1) is 0 Å². The molecule has 1 spiro atoms. The topological polar surface area (TPSA) is 84.5 Å². The van der Waals surface area contributed by atoms with E-state index in [2.05, 4.69) is 9.97 Å². The molecule has 0 saturated carbocycles. The number of carbonyl (C=O) groups is 2. The molecule has 2 aliphatic rings. The minimum absolute atomic E-state index is 0.0666. The standard InChI is InChI=1S/C21H19N3O4/c1-27-14-4-5-15-16(12-14)21(28-20(15)26)6-9-24(10-7-21)19(25)17-11-13-3-2-8-22-18(13)23-17/h2-5,8,11-12H,6-7,9-10H2,1H3,(H,22,23). The second-order valence-corrected chi connectivity index (χ2v) is 7.21. The highest BCUT2D eigenvalue weighted by Gasteiger charge is 2.48. The van der Waals surface area contributed by atoms with Crippen LogP contribution in [0.4, 0.5) is 0 Å². The van der Waals surface area contributed by atoms with E-state index in [4.69, 9.17) is 9.47 Å². The second kappa shape index (κ2) is 6.09. The summed E-state index contributed by atoms with van der Waals surface area (Å²) in [5.74, 6) is 0.322. The lowest BCUT2D eigenvalue weighted by atomic mass is 9.83. The number of methoxy groups -OCH3 is 1. The summed E-state index contributed by atoms with van der Waals surface area (Å²) in [6.07, 6.45) is 2.81. The van der Waals surface area contributed by atoms with Crippen LogP contribution in [-0.4, -0.2) is 46.9 Å². The maximum absolute atomic E-state index is 12.9. The molecule has 3 aromatic rings. The van der Waals surface area contributed by atoms with Crippen molar-refractivity contribution in [2.45, 2.75) is 18.4 Å². The highest BCUT2D eigenvalue weighted by atomic mass is 16.6. The van der Waals surface area contributed by atoms with E-state index in [1.807, 2.05) is 24.3 Å². The van der Waals surface area contributed by atoms with Crippen LogP contribution < -0.4 is 4.74 Å². The third-order valence-electron chi connectivity index (χ3n) is 5.71. The van der Waals surface area contributed by atoms with Crippen molar-refractivity contribution in [3.63, 3.8) is 0 Å². The molecule has 1 fully saturated rings. The normalized spacial score (nSPS) is 17.6. The number of nitrogens with one attached hydrogen (secondary N) is 1. The van der Waals surface area contributed by atoms with Crippen molar-refractivity contribution in [1.82, 2.24) is 14.9 Å². The number of likely N-dealkylation sites (tertiary alicyclic amines) is 1. The number of aromatic nitrogens is 2. The molecule has 7 nitrogen and oxygen atoms in total. The van der Waals surface area contributed by atoms with Crippen molar-refractivity contribution in [3.8, 4) is 5.75 Å². The van der Waals surface area contributed by atoms with Gasteiger partial charge < -0.3 is 19.4 Å². The van der Waals surface area contributed by atoms with Gasteiger partial charge in [0.25, 0.3) is 5.91 Å². The zero-order valence-corrected chi connectivity index (χ0v) is 15.4. The number of pyridine rings is 1. The van der Waals surface area contributed by atoms with Crippen LogP contribution in [0.25, 0.3) is 11.0 Å². The number of carbonyl (C=O) groups excluding carboxylic acids is 2. The molecular weight excluding hydrogens is 358 g/mol. The molecule has 0 atom stereocenters. The molecule has 7 heteroatoms. The Morgan fingerprint density at radius 3 is 2.82 bits per heavy atom. The number of fused-ring (bicyclic) bond motifs is 3. The van der Waals surface area contributed by atoms with Crippen LogP contribution in [0.2, 0.25) is 0 Å². The van der Waals surface area contributed by atoms with E-state index >= 15 is 0 Å². The minimum Gasteiger partial charge on any atom is -0.497 e. The number of hydrogen-bond donors (Lipinski definition) is 1. The van der Waals surface area contributed by atoms with E-state index in [9.17, 15) is 9.59 Å². The zero-order valence-electron chi connectivity index (χ0n) is 15.4. The summed E-state index contributed by atoms with van der Waals surface area (Å²) in [7, 11) is 1.60. The van der Waals surface area contributed by atoms with E-state index in [1.165, 1.54) is 0 Å². The number of rotatable bonds is 2. The Morgan fingerprint density at radius 1 is 1.25 bits per heavy atom. The first-order valence-corrected chi connectivity index (χ1v) is 9.24. The quantitative estimate of drug-likeness (QED) is 0.694. The number of aromatic amines is 1. The maximum Gasteiger partial charge on any atom is 0.339 e. The Bertz CT molecular complexity index is 1060. The Kier molecular flexibility index (Phi) is 3.65. The minimum atomic E-state index is -0.681. The van der Waals surface area contributed by atoms with Crippen molar-refractivity contribution < 1.29 is 19.1 Å². The molecule has 1 amide bonds. The summed E-state index contributed by atoms with van der Waals surface area (Å²) in [4.78, 5) is 34.4. The Labute approximate surface area is 161 Å². The van der Waals surface area contributed by atoms with Gasteiger partial charge in [-0.3, -0.25) is 4.79 Å². The van der Waals surface area contributed by atoms with Crippen LogP contribution >= 0.6 is 0 Å². The highest BCUT2D eigenvalue weighted by molar-refractivity contribution is 5.97. The molecule has 1 aromatic carbocycles. The van der Waals surface area contributed by atoms with Crippen LogP contribution in [0.5, 0.6) is 5.75 Å². The first kappa shape index (κ1) is 16.8. The van der Waals surface area contributed by atoms with Crippen molar-refractivity contribution >= 4 is 22.9 Å². The number of H-pyrrole nitrogens is 1. The van der Waals surface area contributed by atoms with Crippen LogP contribution in [0.15, 0.2) is 42.6 Å². The lowest BCUT2D eigenvalue weighted by Gasteiger charge is -2.38. The maximum atomic E-state index is 12.9. The fraction of sp³-hybridized carbons (Fsp3) is 0.286. The summed E-state index contributed by atoms with van der Waals surface area (Å²) in [5, 5.41) is 0.907. The summed E-state index contributed by atoms with van der Waals surface area (Å²) < 4.78 is 11.1. The van der Waals surface area contributed by atoms with Gasteiger partial charge in [-0.05, 0) is 36.4 Å². The number of esters is 1. The average molecular weight is 377 g/mol. The van der Waals surface area contributed by atoms with Crippen LogP contribution in [0.3, 0.4) is 0 Å². The Morgan fingerprint density at radius 2 is 2.07 bits per heavy atom. The van der Waals surface area contributed by atoms with Gasteiger partial charge in [-0.1, -0.05) is 0 Å². The fourth-order valence-electron chi connectivity index (χ4n) is 4.18. The van der Waals surface area contributed by atoms with Crippen molar-refractivity contribution in [1.29, 1.82) is 0 Å².